The van der Waals surface area contributed by atoms with Gasteiger partial charge in [-0.2, -0.15) is 11.8 Å². The molecule has 1 aromatic heterocycles. The summed E-state index contributed by atoms with van der Waals surface area (Å²) in [5, 5.41) is 3.64. The summed E-state index contributed by atoms with van der Waals surface area (Å²) in [5.74, 6) is 0. The molecule has 0 atom stereocenters. The minimum absolute atomic E-state index is 0.521. The Hall–Kier alpha value is -0.410. The number of rotatable bonds is 6. The molecule has 3 heteroatoms. The van der Waals surface area contributed by atoms with Crippen LogP contribution < -0.4 is 5.32 Å². The first kappa shape index (κ1) is 13.0. The van der Waals surface area contributed by atoms with Crippen molar-refractivity contribution in [1.29, 1.82) is 0 Å². The van der Waals surface area contributed by atoms with E-state index in [4.69, 9.17) is 0 Å². The van der Waals surface area contributed by atoms with Crippen LogP contribution in [-0.2, 0) is 13.1 Å². The van der Waals surface area contributed by atoms with Crippen LogP contribution in [-0.4, -0.2) is 22.1 Å². The third kappa shape index (κ3) is 3.29. The monoisotopic (exact) mass is 252 g/mol. The lowest BCUT2D eigenvalue weighted by atomic mass is 10.1. The number of thioether (sulfide) groups is 1. The molecule has 2 nitrogen and oxygen atoms in total. The molecule has 0 amide bonds. The van der Waals surface area contributed by atoms with Gasteiger partial charge in [-0.15, -0.1) is 0 Å². The van der Waals surface area contributed by atoms with Crippen molar-refractivity contribution < 1.29 is 0 Å². The standard InChI is InChI=1S/C14H24N2S/c1-3-16-9-6-13(11-16)10-15-12-14(17-2)7-4-5-8-14/h6,9,11,15H,3-5,7-8,10,12H2,1-2H3. The lowest BCUT2D eigenvalue weighted by Gasteiger charge is -2.27. The maximum absolute atomic E-state index is 3.64. The minimum atomic E-state index is 0.521. The molecule has 1 aromatic rings. The Balaban J connectivity index is 1.78. The van der Waals surface area contributed by atoms with Gasteiger partial charge in [-0.3, -0.25) is 0 Å². The van der Waals surface area contributed by atoms with E-state index >= 15 is 0 Å². The van der Waals surface area contributed by atoms with Crippen LogP contribution in [0.25, 0.3) is 0 Å². The van der Waals surface area contributed by atoms with Crippen molar-refractivity contribution in [2.24, 2.45) is 0 Å². The fourth-order valence-electron chi connectivity index (χ4n) is 2.70. The molecule has 1 heterocycles. The maximum Gasteiger partial charge on any atom is 0.0281 e. The van der Waals surface area contributed by atoms with Gasteiger partial charge >= 0.3 is 0 Å². The minimum Gasteiger partial charge on any atom is -0.354 e. The second-order valence-corrected chi connectivity index (χ2v) is 6.32. The van der Waals surface area contributed by atoms with Crippen molar-refractivity contribution in [3.8, 4) is 0 Å². The van der Waals surface area contributed by atoms with Gasteiger partial charge in [0.1, 0.15) is 0 Å². The van der Waals surface area contributed by atoms with Crippen molar-refractivity contribution >= 4 is 11.8 Å². The Morgan fingerprint density at radius 1 is 1.41 bits per heavy atom. The predicted octanol–water partition coefficient (Wildman–Crippen LogP) is 3.27. The van der Waals surface area contributed by atoms with Crippen LogP contribution in [0.15, 0.2) is 18.5 Å². The zero-order valence-electron chi connectivity index (χ0n) is 11.0. The zero-order valence-corrected chi connectivity index (χ0v) is 11.9. The van der Waals surface area contributed by atoms with Gasteiger partial charge in [-0.25, -0.2) is 0 Å². The SMILES string of the molecule is CCn1ccc(CNCC2(SC)CCCC2)c1. The summed E-state index contributed by atoms with van der Waals surface area (Å²) < 4.78 is 2.75. The van der Waals surface area contributed by atoms with Gasteiger partial charge in [0.2, 0.25) is 0 Å². The number of nitrogens with one attached hydrogen (secondary N) is 1. The van der Waals surface area contributed by atoms with Gasteiger partial charge in [0.05, 0.1) is 0 Å². The highest BCUT2D eigenvalue weighted by Crippen LogP contribution is 2.39. The lowest BCUT2D eigenvalue weighted by molar-refractivity contribution is 0.533. The zero-order chi connectivity index (χ0) is 12.1. The maximum atomic E-state index is 3.64. The average molecular weight is 252 g/mol. The van der Waals surface area contributed by atoms with E-state index in [1.807, 2.05) is 0 Å². The van der Waals surface area contributed by atoms with Crippen LogP contribution in [0.1, 0.15) is 38.2 Å². The second kappa shape index (κ2) is 5.96. The third-order valence-electron chi connectivity index (χ3n) is 3.90. The Bertz CT molecular complexity index is 340. The summed E-state index contributed by atoms with van der Waals surface area (Å²) in [5.41, 5.74) is 1.40. The molecule has 1 saturated carbocycles. The molecular formula is C14H24N2S. The summed E-state index contributed by atoms with van der Waals surface area (Å²) in [7, 11) is 0. The van der Waals surface area contributed by atoms with E-state index in [2.05, 4.69) is 53.3 Å². The third-order valence-corrected chi connectivity index (χ3v) is 5.32. The van der Waals surface area contributed by atoms with Gasteiger partial charge in [0.25, 0.3) is 0 Å². The highest BCUT2D eigenvalue weighted by atomic mass is 32.2. The summed E-state index contributed by atoms with van der Waals surface area (Å²) in [4.78, 5) is 0. The highest BCUT2D eigenvalue weighted by Gasteiger charge is 2.32. The Labute approximate surface area is 109 Å². The molecule has 0 radical (unpaired) electrons. The Morgan fingerprint density at radius 2 is 2.18 bits per heavy atom. The van der Waals surface area contributed by atoms with Gasteiger partial charge in [0.15, 0.2) is 0 Å². The number of hydrogen-bond donors (Lipinski definition) is 1. The number of hydrogen-bond acceptors (Lipinski definition) is 2. The molecule has 96 valence electrons. The largest absolute Gasteiger partial charge is 0.354 e. The van der Waals surface area contributed by atoms with Crippen LogP contribution >= 0.6 is 11.8 Å². The lowest BCUT2D eigenvalue weighted by Crippen LogP contribution is -2.34. The van der Waals surface area contributed by atoms with Crippen LogP contribution in [0.5, 0.6) is 0 Å². The van der Waals surface area contributed by atoms with E-state index in [1.54, 1.807) is 0 Å². The van der Waals surface area contributed by atoms with Crippen molar-refractivity contribution in [2.45, 2.75) is 50.4 Å². The van der Waals surface area contributed by atoms with Crippen molar-refractivity contribution in [3.63, 3.8) is 0 Å². The van der Waals surface area contributed by atoms with Crippen LogP contribution in [0.4, 0.5) is 0 Å². The second-order valence-electron chi connectivity index (χ2n) is 5.05. The fraction of sp³-hybridized carbons (Fsp3) is 0.714. The van der Waals surface area contributed by atoms with Gasteiger partial charge < -0.3 is 9.88 Å². The molecule has 0 spiro atoms. The van der Waals surface area contributed by atoms with Gasteiger partial charge in [-0.1, -0.05) is 12.8 Å². The summed E-state index contributed by atoms with van der Waals surface area (Å²) in [6, 6.07) is 2.22. The van der Waals surface area contributed by atoms with E-state index in [1.165, 1.54) is 31.2 Å². The van der Waals surface area contributed by atoms with E-state index in [9.17, 15) is 0 Å². The normalized spacial score (nSPS) is 18.7. The summed E-state index contributed by atoms with van der Waals surface area (Å²) in [6.45, 7) is 5.41. The van der Waals surface area contributed by atoms with Crippen molar-refractivity contribution in [3.05, 3.63) is 24.0 Å². The number of aromatic nitrogens is 1. The number of aryl methyl sites for hydroxylation is 1. The van der Waals surface area contributed by atoms with E-state index in [0.29, 0.717) is 4.75 Å². The van der Waals surface area contributed by atoms with Crippen LogP contribution in [0, 0.1) is 0 Å². The molecule has 0 bridgehead atoms. The average Bonchev–Trinajstić information content (AvgIpc) is 2.98. The Kier molecular flexibility index (Phi) is 4.57. The first-order valence-corrected chi connectivity index (χ1v) is 7.91. The molecule has 0 aliphatic heterocycles. The highest BCUT2D eigenvalue weighted by molar-refractivity contribution is 8.00. The first-order chi connectivity index (χ1) is 8.28. The Morgan fingerprint density at radius 3 is 2.76 bits per heavy atom. The van der Waals surface area contributed by atoms with E-state index in [-0.39, 0.29) is 0 Å². The smallest absolute Gasteiger partial charge is 0.0281 e. The quantitative estimate of drug-likeness (QED) is 0.837. The molecule has 0 unspecified atom stereocenters. The summed E-state index contributed by atoms with van der Waals surface area (Å²) >= 11 is 2.06. The van der Waals surface area contributed by atoms with Gasteiger partial charge in [0, 0.05) is 36.8 Å². The molecule has 17 heavy (non-hydrogen) atoms. The molecule has 1 aliphatic rings. The van der Waals surface area contributed by atoms with Crippen LogP contribution in [0.3, 0.4) is 0 Å². The molecular weight excluding hydrogens is 228 g/mol. The molecule has 2 rings (SSSR count). The van der Waals surface area contributed by atoms with Gasteiger partial charge in [-0.05, 0) is 37.7 Å². The molecule has 0 aromatic carbocycles. The number of nitrogens with zero attached hydrogens (tertiary/aromatic N) is 1. The van der Waals surface area contributed by atoms with E-state index < -0.39 is 0 Å². The molecule has 1 fully saturated rings. The summed E-state index contributed by atoms with van der Waals surface area (Å²) in [6.07, 6.45) is 12.3. The molecule has 1 aliphatic carbocycles. The predicted molar refractivity (Wildman–Crippen MR) is 76.5 cm³/mol. The topological polar surface area (TPSA) is 17.0 Å². The van der Waals surface area contributed by atoms with Crippen molar-refractivity contribution in [2.75, 3.05) is 12.8 Å². The van der Waals surface area contributed by atoms with Crippen LogP contribution in [0.2, 0.25) is 0 Å². The van der Waals surface area contributed by atoms with Crippen molar-refractivity contribution in [1.82, 2.24) is 9.88 Å². The fourth-order valence-corrected chi connectivity index (χ4v) is 3.64. The van der Waals surface area contributed by atoms with E-state index in [0.717, 1.165) is 19.6 Å². The molecule has 0 saturated heterocycles. The molecule has 1 N–H and O–H groups in total. The first-order valence-electron chi connectivity index (χ1n) is 6.68.